The van der Waals surface area contributed by atoms with E-state index in [1.54, 1.807) is 6.20 Å². The van der Waals surface area contributed by atoms with Crippen LogP contribution in [-0.4, -0.2) is 33.2 Å². The predicted octanol–water partition coefficient (Wildman–Crippen LogP) is 2.01. The minimum absolute atomic E-state index is 0.153. The van der Waals surface area contributed by atoms with Crippen molar-refractivity contribution in [3.05, 3.63) is 18.0 Å². The fourth-order valence-corrected chi connectivity index (χ4v) is 3.93. The van der Waals surface area contributed by atoms with Gasteiger partial charge in [0, 0.05) is 23.7 Å². The Bertz CT molecular complexity index is 728. The molecule has 3 atom stereocenters. The number of nitrogens with zero attached hydrogens (tertiary/aromatic N) is 2. The van der Waals surface area contributed by atoms with Crippen molar-refractivity contribution < 1.29 is 4.79 Å². The average Bonchev–Trinajstić information content (AvgIpc) is 2.94. The van der Waals surface area contributed by atoms with E-state index in [0.717, 1.165) is 18.2 Å². The van der Waals surface area contributed by atoms with Crippen molar-refractivity contribution in [2.45, 2.75) is 45.1 Å². The molecule has 2 heterocycles. The molecule has 1 saturated carbocycles. The number of hydrogen-bond donors (Lipinski definition) is 4. The molecule has 130 valence electrons. The molecule has 0 aliphatic heterocycles. The first-order chi connectivity index (χ1) is 11.4. The molecule has 24 heavy (non-hydrogen) atoms. The van der Waals surface area contributed by atoms with Crippen molar-refractivity contribution in [1.82, 2.24) is 15.2 Å². The van der Waals surface area contributed by atoms with Crippen LogP contribution in [0.4, 0.5) is 5.69 Å². The summed E-state index contributed by atoms with van der Waals surface area (Å²) in [6.07, 6.45) is 6.12. The van der Waals surface area contributed by atoms with Crippen LogP contribution < -0.4 is 16.8 Å². The summed E-state index contributed by atoms with van der Waals surface area (Å²) in [5.41, 5.74) is 13.3. The number of carbonyl (C=O) groups excluding carboxylic acids is 1. The minimum atomic E-state index is -0.596. The summed E-state index contributed by atoms with van der Waals surface area (Å²) in [6.45, 7) is 5.09. The van der Waals surface area contributed by atoms with Crippen LogP contribution in [0.2, 0.25) is 0 Å². The van der Waals surface area contributed by atoms with E-state index in [-0.39, 0.29) is 11.2 Å². The molecule has 2 aromatic rings. The lowest BCUT2D eigenvalue weighted by molar-refractivity contribution is 0.0995. The summed E-state index contributed by atoms with van der Waals surface area (Å²) in [5, 5.41) is 12.1. The third-order valence-corrected chi connectivity index (χ3v) is 4.99. The molecule has 2 aromatic heterocycles. The number of aromatic amines is 1. The Morgan fingerprint density at radius 1 is 1.33 bits per heavy atom. The summed E-state index contributed by atoms with van der Waals surface area (Å²) in [5.74, 6) is 0.599. The molecule has 0 bridgehead atoms. The summed E-state index contributed by atoms with van der Waals surface area (Å²) in [4.78, 5) is 14.7. The molecule has 1 aliphatic carbocycles. The van der Waals surface area contributed by atoms with Gasteiger partial charge in [0.2, 0.25) is 0 Å². The van der Waals surface area contributed by atoms with E-state index in [1.165, 1.54) is 12.8 Å². The van der Waals surface area contributed by atoms with Gasteiger partial charge in [-0.3, -0.25) is 4.79 Å². The van der Waals surface area contributed by atoms with Crippen LogP contribution in [0, 0.1) is 11.8 Å². The number of hydrogen-bond acceptors (Lipinski definition) is 5. The Hall–Kier alpha value is -2.15. The molecule has 0 radical (unpaired) electrons. The van der Waals surface area contributed by atoms with Gasteiger partial charge in [-0.2, -0.15) is 0 Å². The summed E-state index contributed by atoms with van der Waals surface area (Å²) in [7, 11) is 0. The third kappa shape index (κ3) is 3.36. The van der Waals surface area contributed by atoms with Crippen LogP contribution in [-0.2, 0) is 0 Å². The molecule has 3 rings (SSSR count). The largest absolute Gasteiger partial charge is 0.381 e. The number of anilines is 1. The van der Waals surface area contributed by atoms with Gasteiger partial charge in [0.1, 0.15) is 0 Å². The van der Waals surface area contributed by atoms with E-state index in [9.17, 15) is 4.79 Å². The topological polar surface area (TPSA) is 123 Å². The van der Waals surface area contributed by atoms with Gasteiger partial charge in [0.05, 0.1) is 5.69 Å². The van der Waals surface area contributed by atoms with E-state index in [2.05, 4.69) is 34.3 Å². The highest BCUT2D eigenvalue weighted by Crippen LogP contribution is 2.33. The molecule has 1 aliphatic rings. The van der Waals surface area contributed by atoms with Crippen LogP contribution in [0.1, 0.15) is 50.0 Å². The van der Waals surface area contributed by atoms with Crippen molar-refractivity contribution in [3.8, 4) is 0 Å². The van der Waals surface area contributed by atoms with Gasteiger partial charge in [-0.25, -0.2) is 0 Å². The first-order valence-electron chi connectivity index (χ1n) is 8.54. The molecular weight excluding hydrogens is 304 g/mol. The second-order valence-electron chi connectivity index (χ2n) is 7.44. The molecule has 0 aromatic carbocycles. The average molecular weight is 330 g/mol. The van der Waals surface area contributed by atoms with Crippen molar-refractivity contribution in [2.75, 3.05) is 11.9 Å². The molecule has 1 amide bonds. The lowest BCUT2D eigenvalue weighted by Gasteiger charge is -2.32. The first kappa shape index (κ1) is 16.7. The van der Waals surface area contributed by atoms with E-state index < -0.39 is 5.91 Å². The van der Waals surface area contributed by atoms with Crippen LogP contribution in [0.15, 0.2) is 12.3 Å². The SMILES string of the molecule is C[C@@H]1CC[C@H](C)CC(N)(CNc2c(C(N)=O)nnc3[nH]ccc23)C1. The molecule has 0 saturated heterocycles. The maximum Gasteiger partial charge on any atom is 0.271 e. The van der Waals surface area contributed by atoms with Gasteiger partial charge >= 0.3 is 0 Å². The van der Waals surface area contributed by atoms with Gasteiger partial charge in [-0.15, -0.1) is 10.2 Å². The molecule has 7 heteroatoms. The van der Waals surface area contributed by atoms with Gasteiger partial charge in [0.15, 0.2) is 11.3 Å². The number of nitrogens with two attached hydrogens (primary N) is 2. The monoisotopic (exact) mass is 330 g/mol. The van der Waals surface area contributed by atoms with Gasteiger partial charge in [-0.05, 0) is 30.7 Å². The third-order valence-electron chi connectivity index (χ3n) is 4.99. The summed E-state index contributed by atoms with van der Waals surface area (Å²) >= 11 is 0. The normalized spacial score (nSPS) is 27.8. The van der Waals surface area contributed by atoms with E-state index in [4.69, 9.17) is 11.5 Å². The van der Waals surface area contributed by atoms with Gasteiger partial charge in [0.25, 0.3) is 5.91 Å². The molecule has 6 N–H and O–H groups in total. The van der Waals surface area contributed by atoms with Crippen molar-refractivity contribution in [3.63, 3.8) is 0 Å². The number of aromatic nitrogens is 3. The number of carbonyl (C=O) groups is 1. The predicted molar refractivity (Wildman–Crippen MR) is 94.6 cm³/mol. The highest BCUT2D eigenvalue weighted by atomic mass is 16.1. The standard InChI is InChI=1S/C17H26N6O/c1-10-3-4-11(2)8-17(19,7-10)9-21-13-12-5-6-20-16(12)23-22-14(13)15(18)24/h5-6,10-11H,3-4,7-9,19H2,1-2H3,(H2,18,24)(H2,20,21,23)/t10-,11+,17?. The van der Waals surface area contributed by atoms with Crippen LogP contribution in [0.25, 0.3) is 11.0 Å². The molecule has 0 spiro atoms. The number of rotatable bonds is 4. The van der Waals surface area contributed by atoms with E-state index in [1.807, 2.05) is 6.07 Å². The number of primary amides is 1. The van der Waals surface area contributed by atoms with Gasteiger partial charge < -0.3 is 21.8 Å². The van der Waals surface area contributed by atoms with E-state index >= 15 is 0 Å². The maximum absolute atomic E-state index is 11.7. The quantitative estimate of drug-likeness (QED) is 0.639. The lowest BCUT2D eigenvalue weighted by atomic mass is 9.85. The number of nitrogens with one attached hydrogen (secondary N) is 2. The zero-order chi connectivity index (χ0) is 17.3. The van der Waals surface area contributed by atoms with Crippen molar-refractivity contribution in [2.24, 2.45) is 23.3 Å². The maximum atomic E-state index is 11.7. The van der Waals surface area contributed by atoms with Gasteiger partial charge in [-0.1, -0.05) is 26.7 Å². The minimum Gasteiger partial charge on any atom is -0.381 e. The Morgan fingerprint density at radius 2 is 2.00 bits per heavy atom. The fraction of sp³-hybridized carbons (Fsp3) is 0.588. The fourth-order valence-electron chi connectivity index (χ4n) is 3.93. The smallest absolute Gasteiger partial charge is 0.271 e. The Labute approximate surface area is 141 Å². The Kier molecular flexibility index (Phi) is 4.45. The molecule has 1 unspecified atom stereocenters. The van der Waals surface area contributed by atoms with E-state index in [0.29, 0.717) is 29.7 Å². The Balaban J connectivity index is 1.88. The first-order valence-corrected chi connectivity index (χ1v) is 8.54. The molecule has 7 nitrogen and oxygen atoms in total. The van der Waals surface area contributed by atoms with Crippen LogP contribution >= 0.6 is 0 Å². The second-order valence-corrected chi connectivity index (χ2v) is 7.44. The zero-order valence-corrected chi connectivity index (χ0v) is 14.3. The van der Waals surface area contributed by atoms with Crippen LogP contribution in [0.5, 0.6) is 0 Å². The zero-order valence-electron chi connectivity index (χ0n) is 14.3. The van der Waals surface area contributed by atoms with Crippen LogP contribution in [0.3, 0.4) is 0 Å². The summed E-state index contributed by atoms with van der Waals surface area (Å²) < 4.78 is 0. The lowest BCUT2D eigenvalue weighted by Crippen LogP contribution is -2.48. The highest BCUT2D eigenvalue weighted by Gasteiger charge is 2.32. The van der Waals surface area contributed by atoms with Crippen molar-refractivity contribution >= 4 is 22.6 Å². The number of fused-ring (bicyclic) bond motifs is 1. The van der Waals surface area contributed by atoms with Crippen molar-refractivity contribution in [1.29, 1.82) is 0 Å². The summed E-state index contributed by atoms with van der Waals surface area (Å²) in [6, 6.07) is 1.86. The highest BCUT2D eigenvalue weighted by molar-refractivity contribution is 6.04. The molecular formula is C17H26N6O. The Morgan fingerprint density at radius 3 is 2.62 bits per heavy atom. The second kappa shape index (κ2) is 6.39. The number of H-pyrrole nitrogens is 1. The molecule has 1 fully saturated rings. The number of amides is 1.